The van der Waals surface area contributed by atoms with Crippen molar-refractivity contribution in [3.63, 3.8) is 0 Å². The second-order valence-electron chi connectivity index (χ2n) is 6.46. The van der Waals surface area contributed by atoms with E-state index in [9.17, 15) is 14.4 Å². The van der Waals surface area contributed by atoms with Crippen LogP contribution in [0.25, 0.3) is 11.2 Å². The Kier molecular flexibility index (Phi) is 4.27. The topological polar surface area (TPSA) is 88.1 Å². The molecular weight excluding hydrogens is 336 g/mol. The molecule has 26 heavy (non-hydrogen) atoms. The summed E-state index contributed by atoms with van der Waals surface area (Å²) < 4.78 is 9.07. The Hall–Kier alpha value is -3.16. The lowest BCUT2D eigenvalue weighted by atomic mass is 10.1. The Morgan fingerprint density at radius 1 is 1.12 bits per heavy atom. The standard InChI is InChI=1S/C18H20N4O4/c1-10-6-11(2)15(12(3)7-10)26-13(23)8-22-17(24)14-16(19-9-20(14)4)21(5)18(22)25/h6-7,9H,8H2,1-5H3. The van der Waals surface area contributed by atoms with Gasteiger partial charge in [0.15, 0.2) is 11.2 Å². The van der Waals surface area contributed by atoms with Gasteiger partial charge in [0, 0.05) is 14.1 Å². The average Bonchev–Trinajstić information content (AvgIpc) is 2.95. The van der Waals surface area contributed by atoms with Gasteiger partial charge in [-0.3, -0.25) is 9.36 Å². The number of benzene rings is 1. The highest BCUT2D eigenvalue weighted by atomic mass is 16.5. The summed E-state index contributed by atoms with van der Waals surface area (Å²) >= 11 is 0. The summed E-state index contributed by atoms with van der Waals surface area (Å²) in [6.07, 6.45) is 1.45. The van der Waals surface area contributed by atoms with Crippen LogP contribution in [0.1, 0.15) is 16.7 Å². The molecule has 0 unspecified atom stereocenters. The Morgan fingerprint density at radius 3 is 2.35 bits per heavy atom. The second-order valence-corrected chi connectivity index (χ2v) is 6.46. The van der Waals surface area contributed by atoms with E-state index in [1.54, 1.807) is 7.05 Å². The van der Waals surface area contributed by atoms with Crippen molar-refractivity contribution in [1.82, 2.24) is 18.7 Å². The molecule has 0 aliphatic rings. The Morgan fingerprint density at radius 2 is 1.73 bits per heavy atom. The molecule has 3 aromatic rings. The molecule has 0 spiro atoms. The molecule has 0 amide bonds. The molecule has 0 aliphatic heterocycles. The molecule has 0 N–H and O–H groups in total. The van der Waals surface area contributed by atoms with Crippen LogP contribution in [0.15, 0.2) is 28.0 Å². The first kappa shape index (κ1) is 17.7. The predicted molar refractivity (Wildman–Crippen MR) is 96.5 cm³/mol. The highest BCUT2D eigenvalue weighted by molar-refractivity contribution is 5.74. The summed E-state index contributed by atoms with van der Waals surface area (Å²) in [7, 11) is 3.16. The SMILES string of the molecule is Cc1cc(C)c(OC(=O)Cn2c(=O)c3c(ncn3C)n(C)c2=O)c(C)c1. The summed E-state index contributed by atoms with van der Waals surface area (Å²) in [5.41, 5.74) is 2.04. The molecule has 2 aromatic heterocycles. The molecule has 0 aliphatic carbocycles. The van der Waals surface area contributed by atoms with Gasteiger partial charge < -0.3 is 9.30 Å². The number of aromatic nitrogens is 4. The monoisotopic (exact) mass is 356 g/mol. The molecule has 8 heteroatoms. The van der Waals surface area contributed by atoms with Crippen LogP contribution in [0.4, 0.5) is 0 Å². The maximum Gasteiger partial charge on any atom is 0.333 e. The van der Waals surface area contributed by atoms with Crippen LogP contribution in [-0.4, -0.2) is 24.7 Å². The van der Waals surface area contributed by atoms with Gasteiger partial charge in [-0.25, -0.2) is 19.1 Å². The first-order valence-corrected chi connectivity index (χ1v) is 8.10. The number of rotatable bonds is 3. The van der Waals surface area contributed by atoms with Gasteiger partial charge in [0.05, 0.1) is 6.33 Å². The summed E-state index contributed by atoms with van der Waals surface area (Å²) in [6.45, 7) is 5.17. The van der Waals surface area contributed by atoms with Crippen molar-refractivity contribution in [3.8, 4) is 5.75 Å². The quantitative estimate of drug-likeness (QED) is 0.515. The highest BCUT2D eigenvalue weighted by Gasteiger charge is 2.18. The van der Waals surface area contributed by atoms with Crippen LogP contribution in [0.2, 0.25) is 0 Å². The lowest BCUT2D eigenvalue weighted by molar-refractivity contribution is -0.135. The minimum atomic E-state index is -0.680. The van der Waals surface area contributed by atoms with Crippen molar-refractivity contribution in [2.75, 3.05) is 0 Å². The molecule has 0 radical (unpaired) electrons. The van der Waals surface area contributed by atoms with E-state index in [2.05, 4.69) is 4.98 Å². The average molecular weight is 356 g/mol. The number of aryl methyl sites for hydroxylation is 5. The van der Waals surface area contributed by atoms with Gasteiger partial charge in [0.1, 0.15) is 12.3 Å². The summed E-state index contributed by atoms with van der Waals surface area (Å²) in [6, 6.07) is 3.81. The lowest BCUT2D eigenvalue weighted by Gasteiger charge is -2.12. The lowest BCUT2D eigenvalue weighted by Crippen LogP contribution is -2.42. The normalized spacial score (nSPS) is 11.1. The van der Waals surface area contributed by atoms with Gasteiger partial charge in [0.25, 0.3) is 5.56 Å². The number of fused-ring (bicyclic) bond motifs is 1. The van der Waals surface area contributed by atoms with Crippen LogP contribution in [0.5, 0.6) is 5.75 Å². The van der Waals surface area contributed by atoms with E-state index >= 15 is 0 Å². The summed E-state index contributed by atoms with van der Waals surface area (Å²) in [5.74, 6) is -0.229. The molecule has 3 rings (SSSR count). The van der Waals surface area contributed by atoms with E-state index in [0.29, 0.717) is 5.75 Å². The highest BCUT2D eigenvalue weighted by Crippen LogP contribution is 2.24. The molecule has 0 bridgehead atoms. The van der Waals surface area contributed by atoms with Crippen LogP contribution >= 0.6 is 0 Å². The van der Waals surface area contributed by atoms with Crippen LogP contribution in [-0.2, 0) is 25.4 Å². The van der Waals surface area contributed by atoms with Crippen molar-refractivity contribution >= 4 is 17.1 Å². The number of esters is 1. The molecule has 0 fully saturated rings. The van der Waals surface area contributed by atoms with Gasteiger partial charge in [-0.05, 0) is 31.9 Å². The third-order valence-corrected chi connectivity index (χ3v) is 4.31. The zero-order chi connectivity index (χ0) is 19.2. The smallest absolute Gasteiger partial charge is 0.333 e. The van der Waals surface area contributed by atoms with E-state index in [4.69, 9.17) is 4.74 Å². The van der Waals surface area contributed by atoms with E-state index in [1.807, 2.05) is 32.9 Å². The van der Waals surface area contributed by atoms with Crippen molar-refractivity contribution < 1.29 is 9.53 Å². The second kappa shape index (κ2) is 6.29. The number of carbonyl (C=O) groups is 1. The number of carbonyl (C=O) groups excluding carboxylic acids is 1. The zero-order valence-corrected chi connectivity index (χ0v) is 15.4. The van der Waals surface area contributed by atoms with Crippen molar-refractivity contribution in [2.45, 2.75) is 27.3 Å². The largest absolute Gasteiger partial charge is 0.425 e. The fourth-order valence-corrected chi connectivity index (χ4v) is 3.14. The predicted octanol–water partition coefficient (Wildman–Crippen LogP) is 0.965. The van der Waals surface area contributed by atoms with E-state index in [1.165, 1.54) is 22.5 Å². The third kappa shape index (κ3) is 2.83. The van der Waals surface area contributed by atoms with Gasteiger partial charge in [-0.2, -0.15) is 0 Å². The fourth-order valence-electron chi connectivity index (χ4n) is 3.14. The molecule has 0 saturated carbocycles. The van der Waals surface area contributed by atoms with Crippen LogP contribution in [0.3, 0.4) is 0 Å². The summed E-state index contributed by atoms with van der Waals surface area (Å²) in [4.78, 5) is 41.5. The van der Waals surface area contributed by atoms with Crippen molar-refractivity contribution in [1.29, 1.82) is 0 Å². The Balaban J connectivity index is 2.00. The van der Waals surface area contributed by atoms with Gasteiger partial charge in [0.2, 0.25) is 0 Å². The van der Waals surface area contributed by atoms with Crippen LogP contribution < -0.4 is 16.0 Å². The number of ether oxygens (including phenoxy) is 1. The summed E-state index contributed by atoms with van der Waals surface area (Å²) in [5, 5.41) is 0. The van der Waals surface area contributed by atoms with E-state index in [0.717, 1.165) is 21.3 Å². The number of hydrogen-bond donors (Lipinski definition) is 0. The van der Waals surface area contributed by atoms with Crippen molar-refractivity contribution in [3.05, 3.63) is 56.0 Å². The number of nitrogens with zero attached hydrogens (tertiary/aromatic N) is 4. The first-order chi connectivity index (χ1) is 12.2. The number of hydrogen-bond acceptors (Lipinski definition) is 5. The zero-order valence-electron chi connectivity index (χ0n) is 15.4. The van der Waals surface area contributed by atoms with Gasteiger partial charge >= 0.3 is 11.7 Å². The molecule has 136 valence electrons. The van der Waals surface area contributed by atoms with Crippen LogP contribution in [0, 0.1) is 20.8 Å². The molecule has 2 heterocycles. The minimum Gasteiger partial charge on any atom is -0.425 e. The van der Waals surface area contributed by atoms with Gasteiger partial charge in [-0.1, -0.05) is 17.7 Å². The molecule has 0 atom stereocenters. The van der Waals surface area contributed by atoms with E-state index < -0.39 is 23.8 Å². The maximum absolute atomic E-state index is 12.6. The van der Waals surface area contributed by atoms with E-state index in [-0.39, 0.29) is 11.2 Å². The maximum atomic E-state index is 12.6. The fraction of sp³-hybridized carbons (Fsp3) is 0.333. The number of imidazole rings is 1. The minimum absolute atomic E-state index is 0.252. The van der Waals surface area contributed by atoms with Gasteiger partial charge in [-0.15, -0.1) is 0 Å². The first-order valence-electron chi connectivity index (χ1n) is 8.10. The molecule has 1 aromatic carbocycles. The Bertz CT molecular complexity index is 1130. The molecule has 0 saturated heterocycles. The third-order valence-electron chi connectivity index (χ3n) is 4.31. The Labute approximate surface area is 149 Å². The molecular formula is C18H20N4O4. The van der Waals surface area contributed by atoms with Crippen molar-refractivity contribution in [2.24, 2.45) is 14.1 Å². The molecule has 8 nitrogen and oxygen atoms in total.